The van der Waals surface area contributed by atoms with Crippen molar-refractivity contribution in [3.05, 3.63) is 0 Å². The van der Waals surface area contributed by atoms with Crippen LogP contribution in [0.4, 0.5) is 0 Å². The lowest BCUT2D eigenvalue weighted by atomic mass is 9.44. The van der Waals surface area contributed by atoms with Crippen LogP contribution in [-0.4, -0.2) is 24.5 Å². The average Bonchev–Trinajstić information content (AvgIpc) is 2.37. The second kappa shape index (κ2) is 3.97. The maximum Gasteiger partial charge on any atom is 0.240 e. The molecule has 0 radical (unpaired) electrons. The molecule has 106 valence electrons. The summed E-state index contributed by atoms with van der Waals surface area (Å²) in [6.07, 6.45) is 9.18. The highest BCUT2D eigenvalue weighted by Gasteiger charge is 2.62. The first kappa shape index (κ1) is 12.2. The summed E-state index contributed by atoms with van der Waals surface area (Å²) in [5.74, 6) is 3.02. The third-order valence-corrected chi connectivity index (χ3v) is 6.70. The van der Waals surface area contributed by atoms with E-state index in [4.69, 9.17) is 0 Å². The van der Waals surface area contributed by atoms with Gasteiger partial charge in [0.05, 0.1) is 0 Å². The molecule has 1 saturated heterocycles. The zero-order valence-electron chi connectivity index (χ0n) is 12.0. The Balaban J connectivity index is 1.74. The Hall–Kier alpha value is -0.570. The Morgan fingerprint density at radius 3 is 2.11 bits per heavy atom. The van der Waals surface area contributed by atoms with Crippen LogP contribution in [0.5, 0.6) is 0 Å². The molecule has 5 fully saturated rings. The van der Waals surface area contributed by atoms with Crippen LogP contribution in [0.3, 0.4) is 0 Å². The number of rotatable bonds is 2. The van der Waals surface area contributed by atoms with E-state index in [2.05, 4.69) is 17.6 Å². The molecule has 5 rings (SSSR count). The van der Waals surface area contributed by atoms with E-state index in [1.165, 1.54) is 38.5 Å². The van der Waals surface area contributed by atoms with Gasteiger partial charge in [-0.1, -0.05) is 6.92 Å². The Morgan fingerprint density at radius 2 is 1.63 bits per heavy atom. The topological polar surface area (TPSA) is 41.1 Å². The number of hydrogen-bond donors (Lipinski definition) is 2. The summed E-state index contributed by atoms with van der Waals surface area (Å²) in [4.78, 5) is 12.7. The van der Waals surface area contributed by atoms with Crippen molar-refractivity contribution >= 4 is 5.91 Å². The van der Waals surface area contributed by atoms with Crippen LogP contribution in [0.25, 0.3) is 0 Å². The van der Waals surface area contributed by atoms with E-state index in [-0.39, 0.29) is 11.0 Å². The highest BCUT2D eigenvalue weighted by molar-refractivity contribution is 5.88. The number of nitrogens with one attached hydrogen (secondary N) is 2. The van der Waals surface area contributed by atoms with Crippen LogP contribution in [0.1, 0.15) is 51.9 Å². The summed E-state index contributed by atoms with van der Waals surface area (Å²) in [6.45, 7) is 3.95. The highest BCUT2D eigenvalue weighted by atomic mass is 16.2. The number of amides is 1. The van der Waals surface area contributed by atoms with Crippen molar-refractivity contribution in [2.24, 2.45) is 23.2 Å². The normalized spacial score (nSPS) is 52.3. The van der Waals surface area contributed by atoms with Crippen molar-refractivity contribution in [1.29, 1.82) is 0 Å². The predicted octanol–water partition coefficient (Wildman–Crippen LogP) is 2.07. The van der Waals surface area contributed by atoms with E-state index in [0.717, 1.165) is 37.3 Å². The molecule has 0 spiro atoms. The van der Waals surface area contributed by atoms with E-state index in [0.29, 0.717) is 5.91 Å². The van der Waals surface area contributed by atoms with E-state index in [9.17, 15) is 4.79 Å². The lowest BCUT2D eigenvalue weighted by Crippen LogP contribution is -2.73. The van der Waals surface area contributed by atoms with Crippen LogP contribution in [-0.2, 0) is 4.79 Å². The minimum atomic E-state index is -0.263. The quantitative estimate of drug-likeness (QED) is 0.800. The summed E-state index contributed by atoms with van der Waals surface area (Å²) in [5.41, 5.74) is 0.00225. The monoisotopic (exact) mass is 262 g/mol. The lowest BCUT2D eigenvalue weighted by Gasteiger charge is -2.63. The van der Waals surface area contributed by atoms with E-state index in [1.807, 2.05) is 0 Å². The number of carbonyl (C=O) groups excluding carboxylic acids is 1. The minimum Gasteiger partial charge on any atom is -0.353 e. The maximum absolute atomic E-state index is 12.7. The molecule has 4 bridgehead atoms. The molecule has 0 aromatic heterocycles. The summed E-state index contributed by atoms with van der Waals surface area (Å²) in [7, 11) is 0. The fourth-order valence-corrected chi connectivity index (χ4v) is 6.41. The smallest absolute Gasteiger partial charge is 0.240 e. The molecule has 1 amide bonds. The Morgan fingerprint density at radius 1 is 1.05 bits per heavy atom. The molecule has 3 heteroatoms. The van der Waals surface area contributed by atoms with Crippen LogP contribution in [0, 0.1) is 23.2 Å². The highest BCUT2D eigenvalue weighted by Crippen LogP contribution is 2.64. The van der Waals surface area contributed by atoms with Crippen LogP contribution >= 0.6 is 0 Å². The first-order valence-electron chi connectivity index (χ1n) is 8.21. The minimum absolute atomic E-state index is 0.263. The lowest BCUT2D eigenvalue weighted by molar-refractivity contribution is -0.154. The molecule has 1 aliphatic heterocycles. The largest absolute Gasteiger partial charge is 0.353 e. The fraction of sp³-hybridized carbons (Fsp3) is 0.938. The zero-order valence-corrected chi connectivity index (χ0v) is 12.0. The van der Waals surface area contributed by atoms with Crippen LogP contribution < -0.4 is 10.6 Å². The van der Waals surface area contributed by atoms with Gasteiger partial charge in [-0.05, 0) is 68.1 Å². The number of piperazine rings is 1. The average molecular weight is 262 g/mol. The van der Waals surface area contributed by atoms with E-state index < -0.39 is 0 Å². The second-order valence-corrected chi connectivity index (χ2v) is 7.64. The Kier molecular flexibility index (Phi) is 2.55. The van der Waals surface area contributed by atoms with Gasteiger partial charge in [0.25, 0.3) is 0 Å². The summed E-state index contributed by atoms with van der Waals surface area (Å²) in [5, 5.41) is 6.82. The molecule has 19 heavy (non-hydrogen) atoms. The summed E-state index contributed by atoms with van der Waals surface area (Å²) < 4.78 is 0. The SMILES string of the molecule is CCC1(C23CC4CC(CC(C4)C2)C3)NCCNC1=O. The van der Waals surface area contributed by atoms with Crippen LogP contribution in [0.2, 0.25) is 0 Å². The molecule has 5 aliphatic rings. The summed E-state index contributed by atoms with van der Waals surface area (Å²) >= 11 is 0. The van der Waals surface area contributed by atoms with Gasteiger partial charge in [0, 0.05) is 13.1 Å². The molecule has 3 nitrogen and oxygen atoms in total. The van der Waals surface area contributed by atoms with Gasteiger partial charge in [-0.25, -0.2) is 0 Å². The van der Waals surface area contributed by atoms with Gasteiger partial charge in [-0.15, -0.1) is 0 Å². The van der Waals surface area contributed by atoms with Crippen molar-refractivity contribution in [2.45, 2.75) is 57.4 Å². The third kappa shape index (κ3) is 1.51. The molecular weight excluding hydrogens is 236 g/mol. The molecule has 1 heterocycles. The van der Waals surface area contributed by atoms with Gasteiger partial charge < -0.3 is 10.6 Å². The number of carbonyl (C=O) groups is 1. The van der Waals surface area contributed by atoms with Crippen molar-refractivity contribution < 1.29 is 4.79 Å². The van der Waals surface area contributed by atoms with E-state index >= 15 is 0 Å². The van der Waals surface area contributed by atoms with Crippen molar-refractivity contribution in [1.82, 2.24) is 10.6 Å². The molecule has 0 aromatic rings. The molecule has 2 N–H and O–H groups in total. The fourth-order valence-electron chi connectivity index (χ4n) is 6.41. The molecule has 1 unspecified atom stereocenters. The predicted molar refractivity (Wildman–Crippen MR) is 74.6 cm³/mol. The Bertz CT molecular complexity index is 370. The van der Waals surface area contributed by atoms with Crippen molar-refractivity contribution in [2.75, 3.05) is 13.1 Å². The summed E-state index contributed by atoms with van der Waals surface area (Å²) in [6, 6.07) is 0. The van der Waals surface area contributed by atoms with Gasteiger partial charge in [0.15, 0.2) is 0 Å². The molecular formula is C16H26N2O. The maximum atomic E-state index is 12.7. The molecule has 4 aliphatic carbocycles. The van der Waals surface area contributed by atoms with Gasteiger partial charge in [-0.3, -0.25) is 4.79 Å². The van der Waals surface area contributed by atoms with Gasteiger partial charge in [0.2, 0.25) is 5.91 Å². The van der Waals surface area contributed by atoms with Crippen molar-refractivity contribution in [3.8, 4) is 0 Å². The number of hydrogen-bond acceptors (Lipinski definition) is 2. The zero-order chi connectivity index (χ0) is 13.1. The first-order valence-corrected chi connectivity index (χ1v) is 8.21. The second-order valence-electron chi connectivity index (χ2n) is 7.64. The van der Waals surface area contributed by atoms with Gasteiger partial charge in [-0.2, -0.15) is 0 Å². The molecule has 4 saturated carbocycles. The van der Waals surface area contributed by atoms with Crippen LogP contribution in [0.15, 0.2) is 0 Å². The molecule has 1 atom stereocenters. The Labute approximate surface area is 115 Å². The van der Waals surface area contributed by atoms with Gasteiger partial charge in [0.1, 0.15) is 5.54 Å². The van der Waals surface area contributed by atoms with Gasteiger partial charge >= 0.3 is 0 Å². The standard InChI is InChI=1S/C16H26N2O/c1-2-16(14(19)17-3-4-18-16)15-8-11-5-12(9-15)7-13(6-11)10-15/h11-13,18H,2-10H2,1H3,(H,17,19). The van der Waals surface area contributed by atoms with E-state index in [1.54, 1.807) is 0 Å². The first-order chi connectivity index (χ1) is 9.17. The third-order valence-electron chi connectivity index (χ3n) is 6.70. The molecule has 0 aromatic carbocycles. The van der Waals surface area contributed by atoms with Crippen molar-refractivity contribution in [3.63, 3.8) is 0 Å².